The molecule has 0 saturated carbocycles. The van der Waals surface area contributed by atoms with Gasteiger partial charge in [-0.2, -0.15) is 0 Å². The van der Waals surface area contributed by atoms with E-state index in [1.165, 1.54) is 21.8 Å². The molecule has 0 atom stereocenters. The molecule has 5 nitrogen and oxygen atoms in total. The zero-order valence-corrected chi connectivity index (χ0v) is 18.4. The Morgan fingerprint density at radius 1 is 1.25 bits per heavy atom. The molecule has 0 aliphatic carbocycles. The van der Waals surface area contributed by atoms with E-state index in [1.54, 1.807) is 0 Å². The van der Waals surface area contributed by atoms with Crippen molar-refractivity contribution >= 4 is 28.0 Å². The second-order valence-corrected chi connectivity index (χ2v) is 8.48. The van der Waals surface area contributed by atoms with Crippen LogP contribution in [0.25, 0.3) is 0 Å². The fraction of sp³-hybridized carbons (Fsp3) is 0.500. The van der Waals surface area contributed by atoms with Gasteiger partial charge in [0.05, 0.1) is 11.5 Å². The van der Waals surface area contributed by atoms with E-state index in [0.717, 1.165) is 38.4 Å². The van der Waals surface area contributed by atoms with Gasteiger partial charge in [0.25, 0.3) is 0 Å². The molecule has 2 heterocycles. The highest BCUT2D eigenvalue weighted by Gasteiger charge is 2.20. The maximum Gasteiger partial charge on any atom is 0.191 e. The van der Waals surface area contributed by atoms with E-state index in [4.69, 9.17) is 4.99 Å². The molecule has 1 aromatic carbocycles. The fourth-order valence-electron chi connectivity index (χ4n) is 3.51. The number of piperidine rings is 1. The molecular formula is C22H33N5S. The van der Waals surface area contributed by atoms with E-state index in [-0.39, 0.29) is 0 Å². The van der Waals surface area contributed by atoms with Crippen molar-refractivity contribution < 1.29 is 0 Å². The molecule has 1 aromatic heterocycles. The Balaban J connectivity index is 1.57. The summed E-state index contributed by atoms with van der Waals surface area (Å²) in [5.41, 5.74) is 3.79. The molecule has 1 saturated heterocycles. The zero-order valence-electron chi connectivity index (χ0n) is 17.5. The smallest absolute Gasteiger partial charge is 0.191 e. The van der Waals surface area contributed by atoms with Crippen LogP contribution in [0.2, 0.25) is 0 Å². The summed E-state index contributed by atoms with van der Waals surface area (Å²) >= 11 is 1.83. The van der Waals surface area contributed by atoms with Crippen LogP contribution in [0.1, 0.15) is 30.9 Å². The van der Waals surface area contributed by atoms with Crippen LogP contribution in [0.3, 0.4) is 0 Å². The monoisotopic (exact) mass is 399 g/mol. The van der Waals surface area contributed by atoms with Crippen LogP contribution in [0, 0.1) is 6.92 Å². The number of aryl methyl sites for hydroxylation is 1. The van der Waals surface area contributed by atoms with E-state index in [0.29, 0.717) is 12.6 Å². The van der Waals surface area contributed by atoms with Crippen LogP contribution in [-0.4, -0.2) is 45.7 Å². The van der Waals surface area contributed by atoms with Crippen molar-refractivity contribution in [2.24, 2.45) is 4.99 Å². The van der Waals surface area contributed by atoms with Crippen molar-refractivity contribution in [1.82, 2.24) is 10.6 Å². The third kappa shape index (κ3) is 5.41. The minimum absolute atomic E-state index is 0.478. The molecule has 6 heteroatoms. The van der Waals surface area contributed by atoms with Crippen LogP contribution >= 0.6 is 11.3 Å². The van der Waals surface area contributed by atoms with Gasteiger partial charge in [-0.15, -0.1) is 11.3 Å². The van der Waals surface area contributed by atoms with Gasteiger partial charge in [0.1, 0.15) is 0 Å². The summed E-state index contributed by atoms with van der Waals surface area (Å²) in [6.45, 7) is 8.05. The third-order valence-corrected chi connectivity index (χ3v) is 6.18. The van der Waals surface area contributed by atoms with Gasteiger partial charge in [-0.25, -0.2) is 4.99 Å². The van der Waals surface area contributed by atoms with Crippen molar-refractivity contribution in [3.63, 3.8) is 0 Å². The normalized spacial score (nSPS) is 15.6. The topological polar surface area (TPSA) is 42.9 Å². The molecule has 1 aliphatic heterocycles. The van der Waals surface area contributed by atoms with Crippen molar-refractivity contribution in [3.05, 3.63) is 46.8 Å². The maximum absolute atomic E-state index is 4.85. The maximum atomic E-state index is 4.85. The van der Waals surface area contributed by atoms with Gasteiger partial charge < -0.3 is 20.4 Å². The summed E-state index contributed by atoms with van der Waals surface area (Å²) in [6.07, 6.45) is 2.28. The van der Waals surface area contributed by atoms with Crippen molar-refractivity contribution in [2.45, 2.75) is 39.3 Å². The van der Waals surface area contributed by atoms with Crippen LogP contribution in [0.5, 0.6) is 0 Å². The summed E-state index contributed by atoms with van der Waals surface area (Å²) in [5.74, 6) is 0.924. The Kier molecular flexibility index (Phi) is 7.20. The largest absolute Gasteiger partial charge is 0.378 e. The number of hydrogen-bond donors (Lipinski definition) is 2. The molecule has 152 valence electrons. The minimum atomic E-state index is 0.478. The lowest BCUT2D eigenvalue weighted by molar-refractivity contribution is 0.463. The molecule has 0 amide bonds. The van der Waals surface area contributed by atoms with E-state index in [2.05, 4.69) is 84.1 Å². The summed E-state index contributed by atoms with van der Waals surface area (Å²) in [4.78, 5) is 9.47. The molecule has 2 aromatic rings. The summed E-state index contributed by atoms with van der Waals surface area (Å²) in [5, 5.41) is 10.6. The first-order valence-corrected chi connectivity index (χ1v) is 11.0. The highest BCUT2D eigenvalue weighted by molar-refractivity contribution is 7.14. The Morgan fingerprint density at radius 3 is 2.64 bits per heavy atom. The summed E-state index contributed by atoms with van der Waals surface area (Å²) < 4.78 is 0. The van der Waals surface area contributed by atoms with E-state index >= 15 is 0 Å². The van der Waals surface area contributed by atoms with Crippen LogP contribution < -0.4 is 20.4 Å². The average Bonchev–Trinajstić information content (AvgIpc) is 3.22. The highest BCUT2D eigenvalue weighted by Crippen LogP contribution is 2.24. The molecular weight excluding hydrogens is 366 g/mol. The Labute approximate surface area is 173 Å². The molecule has 28 heavy (non-hydrogen) atoms. The van der Waals surface area contributed by atoms with E-state index in [9.17, 15) is 0 Å². The lowest BCUT2D eigenvalue weighted by atomic mass is 10.1. The predicted octanol–water partition coefficient (Wildman–Crippen LogP) is 3.85. The highest BCUT2D eigenvalue weighted by atomic mass is 32.1. The van der Waals surface area contributed by atoms with Gasteiger partial charge >= 0.3 is 0 Å². The van der Waals surface area contributed by atoms with Crippen LogP contribution in [0.4, 0.5) is 10.7 Å². The second-order valence-electron chi connectivity index (χ2n) is 7.56. The Bertz CT molecular complexity index is 761. The minimum Gasteiger partial charge on any atom is -0.378 e. The second kappa shape index (κ2) is 9.82. The molecule has 1 fully saturated rings. The quantitative estimate of drug-likeness (QED) is 0.572. The number of anilines is 2. The number of thiophene rings is 1. The van der Waals surface area contributed by atoms with E-state index < -0.39 is 0 Å². The fourth-order valence-corrected chi connectivity index (χ4v) is 4.29. The van der Waals surface area contributed by atoms with Crippen molar-refractivity contribution in [3.8, 4) is 0 Å². The summed E-state index contributed by atoms with van der Waals surface area (Å²) in [7, 11) is 4.15. The number of hydrogen-bond acceptors (Lipinski definition) is 4. The first-order chi connectivity index (χ1) is 13.6. The average molecular weight is 400 g/mol. The van der Waals surface area contributed by atoms with Crippen molar-refractivity contribution in [1.29, 1.82) is 0 Å². The van der Waals surface area contributed by atoms with Gasteiger partial charge in [0.2, 0.25) is 0 Å². The number of nitrogens with one attached hydrogen (secondary N) is 2. The molecule has 2 N–H and O–H groups in total. The van der Waals surface area contributed by atoms with Gasteiger partial charge in [-0.05, 0) is 67.5 Å². The van der Waals surface area contributed by atoms with Gasteiger partial charge in [0, 0.05) is 45.5 Å². The third-order valence-electron chi connectivity index (χ3n) is 5.25. The lowest BCUT2D eigenvalue weighted by Gasteiger charge is -2.33. The standard InChI is InChI=1S/C22H33N5S/c1-5-23-22(24-16-18-8-9-20(26(3)4)15-17(18)2)25-19-10-12-27(13-11-19)21-7-6-14-28-21/h6-9,14-15,19H,5,10-13,16H2,1-4H3,(H2,23,24,25). The van der Waals surface area contributed by atoms with Gasteiger partial charge in [-0.1, -0.05) is 6.07 Å². The number of aliphatic imine (C=N–C) groups is 1. The summed E-state index contributed by atoms with van der Waals surface area (Å²) in [6, 6.07) is 11.4. The zero-order chi connectivity index (χ0) is 19.9. The van der Waals surface area contributed by atoms with E-state index in [1.807, 2.05) is 11.3 Å². The Morgan fingerprint density at radius 2 is 2.04 bits per heavy atom. The Hall–Kier alpha value is -2.21. The van der Waals surface area contributed by atoms with Crippen LogP contribution in [-0.2, 0) is 6.54 Å². The molecule has 0 spiro atoms. The first kappa shape index (κ1) is 20.5. The molecule has 1 aliphatic rings. The predicted molar refractivity (Wildman–Crippen MR) is 123 cm³/mol. The van der Waals surface area contributed by atoms with Gasteiger partial charge in [0.15, 0.2) is 5.96 Å². The molecule has 0 bridgehead atoms. The molecule has 0 radical (unpaired) electrons. The molecule has 3 rings (SSSR count). The number of rotatable bonds is 6. The van der Waals surface area contributed by atoms with Gasteiger partial charge in [-0.3, -0.25) is 0 Å². The lowest BCUT2D eigenvalue weighted by Crippen LogP contribution is -2.48. The SMILES string of the molecule is CCNC(=NCc1ccc(N(C)C)cc1C)NC1CCN(c2cccs2)CC1. The van der Waals surface area contributed by atoms with Crippen LogP contribution in [0.15, 0.2) is 40.7 Å². The van der Waals surface area contributed by atoms with Crippen molar-refractivity contribution in [2.75, 3.05) is 43.5 Å². The number of guanidine groups is 1. The number of nitrogens with zero attached hydrogens (tertiary/aromatic N) is 3. The molecule has 0 unspecified atom stereocenters. The number of benzene rings is 1. The first-order valence-electron chi connectivity index (χ1n) is 10.2.